The van der Waals surface area contributed by atoms with Gasteiger partial charge in [0.15, 0.2) is 5.78 Å². The van der Waals surface area contributed by atoms with Crippen molar-refractivity contribution in [3.8, 4) is 11.5 Å². The zero-order chi connectivity index (χ0) is 18.1. The Hall–Kier alpha value is -2.29. The van der Waals surface area contributed by atoms with E-state index in [9.17, 15) is 15.0 Å². The molecule has 3 nitrogen and oxygen atoms in total. The molecule has 3 heteroatoms. The second kappa shape index (κ2) is 7.14. The molecule has 0 atom stereocenters. The van der Waals surface area contributed by atoms with E-state index in [2.05, 4.69) is 0 Å². The van der Waals surface area contributed by atoms with Gasteiger partial charge in [0.2, 0.25) is 0 Å². The van der Waals surface area contributed by atoms with Crippen LogP contribution in [-0.4, -0.2) is 16.0 Å². The molecular formula is C23H26O3. The number of carbonyl (C=O) groups is 1. The van der Waals surface area contributed by atoms with Crippen LogP contribution in [-0.2, 0) is 0 Å². The van der Waals surface area contributed by atoms with Gasteiger partial charge in [-0.2, -0.15) is 0 Å². The number of hydrogen-bond donors (Lipinski definition) is 2. The van der Waals surface area contributed by atoms with Crippen LogP contribution in [0.4, 0.5) is 0 Å². The Labute approximate surface area is 154 Å². The van der Waals surface area contributed by atoms with Crippen molar-refractivity contribution in [3.05, 3.63) is 58.7 Å². The molecule has 0 saturated heterocycles. The summed E-state index contributed by atoms with van der Waals surface area (Å²) in [5, 5.41) is 19.9. The molecule has 0 bridgehead atoms. The van der Waals surface area contributed by atoms with Crippen LogP contribution in [0.3, 0.4) is 0 Å². The molecule has 26 heavy (non-hydrogen) atoms. The highest BCUT2D eigenvalue weighted by Gasteiger charge is 2.27. The predicted octanol–water partition coefficient (Wildman–Crippen LogP) is 5.64. The number of carbonyl (C=O) groups excluding carboxylic acids is 1. The number of aromatic hydroxyl groups is 2. The Balaban J connectivity index is 1.77. The third kappa shape index (κ3) is 3.23. The van der Waals surface area contributed by atoms with Gasteiger partial charge < -0.3 is 10.2 Å². The van der Waals surface area contributed by atoms with Gasteiger partial charge in [0, 0.05) is 11.1 Å². The van der Waals surface area contributed by atoms with Crippen molar-refractivity contribution in [1.29, 1.82) is 0 Å². The summed E-state index contributed by atoms with van der Waals surface area (Å²) in [6.07, 6.45) is 9.04. The van der Waals surface area contributed by atoms with E-state index in [0.717, 1.165) is 36.8 Å². The first-order chi connectivity index (χ1) is 12.6. The molecule has 2 N–H and O–H groups in total. The van der Waals surface area contributed by atoms with Gasteiger partial charge in [-0.15, -0.1) is 0 Å². The highest BCUT2D eigenvalue weighted by molar-refractivity contribution is 6.11. The molecule has 2 saturated carbocycles. The van der Waals surface area contributed by atoms with E-state index in [1.165, 1.54) is 25.7 Å². The van der Waals surface area contributed by atoms with E-state index in [-0.39, 0.29) is 17.3 Å². The van der Waals surface area contributed by atoms with Crippen LogP contribution >= 0.6 is 0 Å². The topological polar surface area (TPSA) is 57.5 Å². The van der Waals surface area contributed by atoms with Gasteiger partial charge in [-0.1, -0.05) is 25.7 Å². The van der Waals surface area contributed by atoms with Gasteiger partial charge >= 0.3 is 0 Å². The van der Waals surface area contributed by atoms with Crippen LogP contribution in [0.5, 0.6) is 11.5 Å². The zero-order valence-electron chi connectivity index (χ0n) is 15.1. The molecule has 0 radical (unpaired) electrons. The lowest BCUT2D eigenvalue weighted by Crippen LogP contribution is -2.11. The first-order valence-electron chi connectivity index (χ1n) is 9.84. The maximum Gasteiger partial charge on any atom is 0.193 e. The van der Waals surface area contributed by atoms with Crippen LogP contribution in [0.1, 0.15) is 90.3 Å². The Morgan fingerprint density at radius 2 is 1.08 bits per heavy atom. The van der Waals surface area contributed by atoms with Crippen molar-refractivity contribution in [1.82, 2.24) is 0 Å². The fraction of sp³-hybridized carbons (Fsp3) is 0.435. The molecular weight excluding hydrogens is 324 g/mol. The fourth-order valence-electron chi connectivity index (χ4n) is 4.81. The minimum Gasteiger partial charge on any atom is -0.508 e. The standard InChI is InChI=1S/C23H26O3/c24-17-9-11-19(21(13-17)15-5-1-2-6-15)23(26)20-12-10-18(25)14-22(20)16-7-3-4-8-16/h9-16,24-25H,1-8H2. The van der Waals surface area contributed by atoms with E-state index >= 15 is 0 Å². The second-order valence-electron chi connectivity index (χ2n) is 7.83. The molecule has 2 fully saturated rings. The first-order valence-corrected chi connectivity index (χ1v) is 9.84. The smallest absolute Gasteiger partial charge is 0.193 e. The summed E-state index contributed by atoms with van der Waals surface area (Å²) < 4.78 is 0. The van der Waals surface area contributed by atoms with Crippen LogP contribution < -0.4 is 0 Å². The van der Waals surface area contributed by atoms with Crippen molar-refractivity contribution in [3.63, 3.8) is 0 Å². The first kappa shape index (κ1) is 17.1. The lowest BCUT2D eigenvalue weighted by molar-refractivity contribution is 0.103. The molecule has 2 aromatic rings. The van der Waals surface area contributed by atoms with Crippen LogP contribution in [0.15, 0.2) is 36.4 Å². The summed E-state index contributed by atoms with van der Waals surface area (Å²) in [5.74, 6) is 1.19. The monoisotopic (exact) mass is 350 g/mol. The van der Waals surface area contributed by atoms with Gasteiger partial charge in [0.05, 0.1) is 0 Å². The number of ketones is 1. The Bertz CT molecular complexity index is 745. The number of benzene rings is 2. The number of phenols is 2. The third-order valence-corrected chi connectivity index (χ3v) is 6.15. The molecule has 0 amide bonds. The Morgan fingerprint density at radius 3 is 1.46 bits per heavy atom. The Kier molecular flexibility index (Phi) is 4.71. The molecule has 4 rings (SSSR count). The molecule has 0 unspecified atom stereocenters. The fourth-order valence-corrected chi connectivity index (χ4v) is 4.81. The summed E-state index contributed by atoms with van der Waals surface area (Å²) in [5.41, 5.74) is 3.38. The van der Waals surface area contributed by atoms with Gasteiger partial charge in [-0.25, -0.2) is 0 Å². The van der Waals surface area contributed by atoms with E-state index in [1.807, 2.05) is 0 Å². The SMILES string of the molecule is O=C(c1ccc(O)cc1C1CCCC1)c1ccc(O)cc1C1CCCC1. The molecule has 0 heterocycles. The summed E-state index contributed by atoms with van der Waals surface area (Å²) in [4.78, 5) is 13.5. The molecule has 0 spiro atoms. The highest BCUT2D eigenvalue weighted by Crippen LogP contribution is 2.40. The van der Waals surface area contributed by atoms with Gasteiger partial charge in [0.25, 0.3) is 0 Å². The number of rotatable bonds is 4. The molecule has 0 aromatic heterocycles. The average Bonchev–Trinajstić information content (AvgIpc) is 3.35. The molecule has 2 aliphatic carbocycles. The van der Waals surface area contributed by atoms with Gasteiger partial charge in [0.1, 0.15) is 11.5 Å². The van der Waals surface area contributed by atoms with Crippen LogP contribution in [0.2, 0.25) is 0 Å². The van der Waals surface area contributed by atoms with E-state index in [4.69, 9.17) is 0 Å². The summed E-state index contributed by atoms with van der Waals surface area (Å²) in [7, 11) is 0. The normalized spacial score (nSPS) is 18.5. The maximum atomic E-state index is 13.5. The van der Waals surface area contributed by atoms with Gasteiger partial charge in [-0.05, 0) is 85.0 Å². The third-order valence-electron chi connectivity index (χ3n) is 6.15. The lowest BCUT2D eigenvalue weighted by Gasteiger charge is -2.19. The quantitative estimate of drug-likeness (QED) is 0.701. The number of phenolic OH excluding ortho intramolecular Hbond substituents is 2. The average molecular weight is 350 g/mol. The van der Waals surface area contributed by atoms with Crippen molar-refractivity contribution < 1.29 is 15.0 Å². The van der Waals surface area contributed by atoms with Crippen molar-refractivity contribution in [2.24, 2.45) is 0 Å². The van der Waals surface area contributed by atoms with Gasteiger partial charge in [-0.3, -0.25) is 4.79 Å². The largest absolute Gasteiger partial charge is 0.508 e. The second-order valence-corrected chi connectivity index (χ2v) is 7.83. The van der Waals surface area contributed by atoms with Crippen molar-refractivity contribution in [2.75, 3.05) is 0 Å². The molecule has 2 aromatic carbocycles. The zero-order valence-corrected chi connectivity index (χ0v) is 15.1. The minimum atomic E-state index is 0.0220. The van der Waals surface area contributed by atoms with Crippen molar-refractivity contribution >= 4 is 5.78 Å². The van der Waals surface area contributed by atoms with E-state index < -0.39 is 0 Å². The van der Waals surface area contributed by atoms with Crippen LogP contribution in [0.25, 0.3) is 0 Å². The van der Waals surface area contributed by atoms with Crippen molar-refractivity contribution in [2.45, 2.75) is 63.2 Å². The molecule has 2 aliphatic rings. The maximum absolute atomic E-state index is 13.5. The van der Waals surface area contributed by atoms with E-state index in [1.54, 1.807) is 36.4 Å². The number of hydrogen-bond acceptors (Lipinski definition) is 3. The lowest BCUT2D eigenvalue weighted by atomic mass is 9.85. The van der Waals surface area contributed by atoms with E-state index in [0.29, 0.717) is 23.0 Å². The Morgan fingerprint density at radius 1 is 0.692 bits per heavy atom. The highest BCUT2D eigenvalue weighted by atomic mass is 16.3. The summed E-state index contributed by atoms with van der Waals surface area (Å²) >= 11 is 0. The summed E-state index contributed by atoms with van der Waals surface area (Å²) in [6.45, 7) is 0. The summed E-state index contributed by atoms with van der Waals surface area (Å²) in [6, 6.07) is 10.3. The molecule has 136 valence electrons. The van der Waals surface area contributed by atoms with Crippen LogP contribution in [0, 0.1) is 0 Å². The predicted molar refractivity (Wildman–Crippen MR) is 102 cm³/mol. The molecule has 0 aliphatic heterocycles. The minimum absolute atomic E-state index is 0.0220.